The normalized spacial score (nSPS) is 18.2. The predicted octanol–water partition coefficient (Wildman–Crippen LogP) is 4.64. The average Bonchev–Trinajstić information content (AvgIpc) is 3.24. The van der Waals surface area contributed by atoms with Crippen LogP contribution in [-0.4, -0.2) is 19.0 Å². The Hall–Kier alpha value is -3.08. The van der Waals surface area contributed by atoms with Crippen molar-refractivity contribution in [3.8, 4) is 11.5 Å². The maximum absolute atomic E-state index is 13.2. The summed E-state index contributed by atoms with van der Waals surface area (Å²) in [5.41, 5.74) is 5.04. The van der Waals surface area contributed by atoms with Gasteiger partial charge < -0.3 is 14.8 Å². The Morgan fingerprint density at radius 1 is 1.07 bits per heavy atom. The molecule has 0 unspecified atom stereocenters. The molecular formula is C25H25NO4. The molecule has 0 spiro atoms. The number of hydrogen-bond donors (Lipinski definition) is 1. The lowest BCUT2D eigenvalue weighted by Crippen LogP contribution is -2.27. The summed E-state index contributed by atoms with van der Waals surface area (Å²) < 4.78 is 10.9. The van der Waals surface area contributed by atoms with Gasteiger partial charge >= 0.3 is 0 Å². The van der Waals surface area contributed by atoms with E-state index in [9.17, 15) is 9.59 Å². The summed E-state index contributed by atoms with van der Waals surface area (Å²) in [5.74, 6) is 1.39. The molecule has 0 atom stereocenters. The van der Waals surface area contributed by atoms with Crippen LogP contribution in [0.2, 0.25) is 0 Å². The van der Waals surface area contributed by atoms with Crippen molar-refractivity contribution in [1.82, 2.24) is 0 Å². The fraction of sp³-hybridized carbons (Fsp3) is 0.360. The van der Waals surface area contributed by atoms with Crippen molar-refractivity contribution in [2.24, 2.45) is 5.41 Å². The number of rotatable bonds is 4. The fourth-order valence-electron chi connectivity index (χ4n) is 4.53. The van der Waals surface area contributed by atoms with Gasteiger partial charge in [0.05, 0.1) is 5.41 Å². The Kier molecular flexibility index (Phi) is 4.07. The number of amides is 1. The van der Waals surface area contributed by atoms with Gasteiger partial charge in [-0.15, -0.1) is 0 Å². The van der Waals surface area contributed by atoms with Crippen molar-refractivity contribution in [3.63, 3.8) is 0 Å². The van der Waals surface area contributed by atoms with Gasteiger partial charge in [-0.3, -0.25) is 9.59 Å². The zero-order chi connectivity index (χ0) is 21.1. The molecule has 2 aliphatic carbocycles. The molecule has 0 saturated heterocycles. The zero-order valence-electron chi connectivity index (χ0n) is 17.5. The number of nitrogens with one attached hydrogen (secondary N) is 1. The number of benzene rings is 2. The molecular weight excluding hydrogens is 378 g/mol. The molecule has 0 radical (unpaired) electrons. The van der Waals surface area contributed by atoms with E-state index in [1.807, 2.05) is 36.4 Å². The van der Waals surface area contributed by atoms with Crippen molar-refractivity contribution < 1.29 is 19.1 Å². The summed E-state index contributed by atoms with van der Waals surface area (Å²) >= 11 is 0. The Morgan fingerprint density at radius 3 is 2.53 bits per heavy atom. The van der Waals surface area contributed by atoms with E-state index < -0.39 is 5.41 Å². The molecule has 1 fully saturated rings. The van der Waals surface area contributed by atoms with Gasteiger partial charge in [0.15, 0.2) is 17.8 Å². The average molecular weight is 403 g/mol. The summed E-state index contributed by atoms with van der Waals surface area (Å²) in [4.78, 5) is 25.0. The van der Waals surface area contributed by atoms with Gasteiger partial charge in [-0.05, 0) is 71.2 Å². The van der Waals surface area contributed by atoms with Crippen LogP contribution < -0.4 is 14.8 Å². The molecule has 154 valence electrons. The maximum atomic E-state index is 13.2. The smallest absolute Gasteiger partial charge is 0.235 e. The first-order valence-electron chi connectivity index (χ1n) is 10.4. The SMILES string of the molecule is CC(C)(C)C1=C(C=O)c2cc(NC(=O)C3(c4ccc5c(c4)OCO5)CC3)ccc2C1. The third-order valence-corrected chi connectivity index (χ3v) is 6.48. The van der Waals surface area contributed by atoms with Crippen LogP contribution in [0.1, 0.15) is 50.3 Å². The number of carbonyl (C=O) groups excluding carboxylic acids is 2. The molecule has 0 bridgehead atoms. The molecule has 5 nitrogen and oxygen atoms in total. The number of allylic oxidation sites excluding steroid dienone is 2. The Bertz CT molecular complexity index is 1100. The van der Waals surface area contributed by atoms with Crippen LogP contribution in [0.15, 0.2) is 42.0 Å². The topological polar surface area (TPSA) is 64.6 Å². The van der Waals surface area contributed by atoms with Gasteiger partial charge in [0.1, 0.15) is 0 Å². The minimum atomic E-state index is -0.528. The lowest BCUT2D eigenvalue weighted by molar-refractivity contribution is -0.118. The van der Waals surface area contributed by atoms with Gasteiger partial charge in [-0.2, -0.15) is 0 Å². The van der Waals surface area contributed by atoms with Crippen molar-refractivity contribution in [2.45, 2.75) is 45.4 Å². The van der Waals surface area contributed by atoms with Crippen LogP contribution in [0, 0.1) is 5.41 Å². The van der Waals surface area contributed by atoms with Gasteiger partial charge in [0.2, 0.25) is 12.7 Å². The van der Waals surface area contributed by atoms with Crippen molar-refractivity contribution in [2.75, 3.05) is 12.1 Å². The number of hydrogen-bond acceptors (Lipinski definition) is 4. The fourth-order valence-corrected chi connectivity index (χ4v) is 4.53. The van der Waals surface area contributed by atoms with Crippen molar-refractivity contribution >= 4 is 23.5 Å². The third-order valence-electron chi connectivity index (χ3n) is 6.48. The molecule has 1 saturated carbocycles. The summed E-state index contributed by atoms with van der Waals surface area (Å²) in [7, 11) is 0. The quantitative estimate of drug-likeness (QED) is 0.756. The van der Waals surface area contributed by atoms with Crippen molar-refractivity contribution in [1.29, 1.82) is 0 Å². The highest BCUT2D eigenvalue weighted by Gasteiger charge is 2.51. The molecule has 1 aliphatic heterocycles. The second-order valence-corrected chi connectivity index (χ2v) is 9.41. The molecule has 0 aromatic heterocycles. The van der Waals surface area contributed by atoms with Crippen LogP contribution in [0.4, 0.5) is 5.69 Å². The Labute approximate surface area is 176 Å². The molecule has 5 heteroatoms. The van der Waals surface area contributed by atoms with Crippen molar-refractivity contribution in [3.05, 3.63) is 58.7 Å². The first-order valence-corrected chi connectivity index (χ1v) is 10.4. The second kappa shape index (κ2) is 6.46. The highest BCUT2D eigenvalue weighted by molar-refractivity contribution is 6.11. The third kappa shape index (κ3) is 2.92. The Morgan fingerprint density at radius 2 is 1.83 bits per heavy atom. The van der Waals surface area contributed by atoms with E-state index in [0.717, 1.165) is 64.8 Å². The first kappa shape index (κ1) is 18.9. The lowest BCUT2D eigenvalue weighted by atomic mass is 9.83. The molecule has 30 heavy (non-hydrogen) atoms. The molecule has 1 amide bonds. The monoisotopic (exact) mass is 403 g/mol. The molecule has 5 rings (SSSR count). The predicted molar refractivity (Wildman–Crippen MR) is 115 cm³/mol. The van der Waals surface area contributed by atoms with Crippen LogP contribution in [-0.2, 0) is 21.4 Å². The number of fused-ring (bicyclic) bond motifs is 2. The minimum absolute atomic E-state index is 0.0213. The standard InChI is InChI=1S/C25H25NO4/c1-24(2,3)20-10-15-4-6-17(12-18(15)19(20)13-27)26-23(28)25(8-9-25)16-5-7-21-22(11-16)30-14-29-21/h4-7,11-13H,8-10,14H2,1-3H3,(H,26,28). The van der Waals surface area contributed by atoms with E-state index in [4.69, 9.17) is 9.47 Å². The van der Waals surface area contributed by atoms with Crippen LogP contribution in [0.25, 0.3) is 5.57 Å². The number of aldehydes is 1. The molecule has 2 aromatic carbocycles. The summed E-state index contributed by atoms with van der Waals surface area (Å²) in [5, 5.41) is 3.09. The number of ether oxygens (including phenoxy) is 2. The minimum Gasteiger partial charge on any atom is -0.454 e. The highest BCUT2D eigenvalue weighted by Crippen LogP contribution is 2.51. The first-order chi connectivity index (χ1) is 14.3. The summed E-state index contributed by atoms with van der Waals surface area (Å²) in [6.07, 6.45) is 3.34. The van der Waals surface area contributed by atoms with Gasteiger partial charge in [0.25, 0.3) is 0 Å². The maximum Gasteiger partial charge on any atom is 0.235 e. The van der Waals surface area contributed by atoms with Crippen LogP contribution >= 0.6 is 0 Å². The molecule has 1 N–H and O–H groups in total. The van der Waals surface area contributed by atoms with Crippen LogP contribution in [0.3, 0.4) is 0 Å². The summed E-state index contributed by atoms with van der Waals surface area (Å²) in [6.45, 7) is 6.60. The van der Waals surface area contributed by atoms with Gasteiger partial charge in [-0.1, -0.05) is 32.9 Å². The van der Waals surface area contributed by atoms with Gasteiger partial charge in [0, 0.05) is 11.3 Å². The highest BCUT2D eigenvalue weighted by atomic mass is 16.7. The van der Waals surface area contributed by atoms with E-state index in [1.165, 1.54) is 0 Å². The largest absolute Gasteiger partial charge is 0.454 e. The molecule has 1 heterocycles. The van der Waals surface area contributed by atoms with E-state index in [2.05, 4.69) is 26.1 Å². The van der Waals surface area contributed by atoms with Crippen LogP contribution in [0.5, 0.6) is 11.5 Å². The van der Waals surface area contributed by atoms with E-state index in [-0.39, 0.29) is 18.1 Å². The van der Waals surface area contributed by atoms with E-state index in [1.54, 1.807) is 0 Å². The van der Waals surface area contributed by atoms with E-state index >= 15 is 0 Å². The van der Waals surface area contributed by atoms with Gasteiger partial charge in [-0.25, -0.2) is 0 Å². The summed E-state index contributed by atoms with van der Waals surface area (Å²) in [6, 6.07) is 11.6. The lowest BCUT2D eigenvalue weighted by Gasteiger charge is -2.21. The number of anilines is 1. The molecule has 3 aliphatic rings. The number of carbonyl (C=O) groups is 2. The zero-order valence-corrected chi connectivity index (χ0v) is 17.5. The Balaban J connectivity index is 1.42. The molecule has 2 aromatic rings. The van der Waals surface area contributed by atoms with E-state index in [0.29, 0.717) is 5.75 Å². The second-order valence-electron chi connectivity index (χ2n) is 9.41.